The minimum Gasteiger partial charge on any atom is -0.321 e. The molecule has 136 valence electrons. The molecule has 2 aromatic rings. The molecule has 0 spiro atoms. The number of rotatable bonds is 4. The quantitative estimate of drug-likeness (QED) is 0.461. The van der Waals surface area contributed by atoms with Crippen molar-refractivity contribution in [3.63, 3.8) is 0 Å². The van der Waals surface area contributed by atoms with Gasteiger partial charge in [0.1, 0.15) is 6.21 Å². The second-order valence-electron chi connectivity index (χ2n) is 4.81. The Balaban J connectivity index is 1.85. The highest BCUT2D eigenvalue weighted by Crippen LogP contribution is 2.30. The van der Waals surface area contributed by atoms with Gasteiger partial charge in [0.25, 0.3) is 5.91 Å². The van der Waals surface area contributed by atoms with Crippen LogP contribution in [0, 0.1) is 0 Å². The lowest BCUT2D eigenvalue weighted by Crippen LogP contribution is -2.15. The molecule has 2 amide bonds. The molecular formula is C16H11ClF3N3O3. The lowest BCUT2D eigenvalue weighted by Gasteiger charge is -2.08. The van der Waals surface area contributed by atoms with Crippen LogP contribution in [0.3, 0.4) is 0 Å². The molecule has 10 heteroatoms. The molecule has 0 bridgehead atoms. The molecule has 2 rings (SSSR count). The number of alkyl halides is 3. The van der Waals surface area contributed by atoms with E-state index < -0.39 is 23.7 Å². The van der Waals surface area contributed by atoms with E-state index >= 15 is 0 Å². The van der Waals surface area contributed by atoms with Gasteiger partial charge in [0, 0.05) is 16.4 Å². The molecule has 0 aliphatic heterocycles. The number of hydrogen-bond acceptors (Lipinski definition) is 4. The molecule has 2 aromatic carbocycles. The smallest absolute Gasteiger partial charge is 0.321 e. The number of hydrogen-bond donors (Lipinski definition) is 2. The fourth-order valence-corrected chi connectivity index (χ4v) is 1.87. The first kappa shape index (κ1) is 19.3. The highest BCUT2D eigenvalue weighted by Gasteiger charge is 2.30. The van der Waals surface area contributed by atoms with Gasteiger partial charge < -0.3 is 5.32 Å². The van der Waals surface area contributed by atoms with Gasteiger partial charge in [-0.05, 0) is 42.5 Å². The molecule has 0 unspecified atom stereocenters. The number of nitrogens with one attached hydrogen (secondary N) is 2. The van der Waals surface area contributed by atoms with Crippen LogP contribution >= 0.6 is 11.6 Å². The number of carbonyl (C=O) groups is 2. The van der Waals surface area contributed by atoms with E-state index in [-0.39, 0.29) is 5.69 Å². The number of halogens is 4. The van der Waals surface area contributed by atoms with Gasteiger partial charge in [-0.25, -0.2) is 4.79 Å². The number of carbonyl (C=O) groups excluding carboxylic acids is 2. The Kier molecular flexibility index (Phi) is 6.18. The van der Waals surface area contributed by atoms with Crippen molar-refractivity contribution in [2.45, 2.75) is 6.18 Å². The maximum absolute atomic E-state index is 12.6. The van der Waals surface area contributed by atoms with E-state index in [0.29, 0.717) is 16.9 Å². The van der Waals surface area contributed by atoms with E-state index in [2.05, 4.69) is 20.6 Å². The molecule has 0 aliphatic rings. The minimum atomic E-state index is -4.53. The van der Waals surface area contributed by atoms with Crippen molar-refractivity contribution < 1.29 is 27.6 Å². The summed E-state index contributed by atoms with van der Waals surface area (Å²) in [7, 11) is 0. The van der Waals surface area contributed by atoms with E-state index in [9.17, 15) is 22.8 Å². The zero-order valence-electron chi connectivity index (χ0n) is 12.9. The molecule has 0 atom stereocenters. The van der Waals surface area contributed by atoms with Gasteiger partial charge in [-0.1, -0.05) is 22.8 Å². The fourth-order valence-electron chi connectivity index (χ4n) is 1.74. The second-order valence-corrected chi connectivity index (χ2v) is 5.25. The predicted octanol–water partition coefficient (Wildman–Crippen LogP) is 4.53. The number of oxime groups is 1. The largest absolute Gasteiger partial charge is 0.437 e. The van der Waals surface area contributed by atoms with E-state index in [4.69, 9.17) is 11.6 Å². The molecule has 26 heavy (non-hydrogen) atoms. The topological polar surface area (TPSA) is 79.8 Å². The van der Waals surface area contributed by atoms with Crippen molar-refractivity contribution >= 4 is 41.2 Å². The Morgan fingerprint density at radius 1 is 1.04 bits per heavy atom. The van der Waals surface area contributed by atoms with Gasteiger partial charge in [0.15, 0.2) is 0 Å². The molecule has 0 aromatic heterocycles. The van der Waals surface area contributed by atoms with Crippen LogP contribution in [0.25, 0.3) is 0 Å². The number of anilines is 2. The van der Waals surface area contributed by atoms with E-state index in [1.807, 2.05) is 0 Å². The first-order valence-corrected chi connectivity index (χ1v) is 7.37. The first-order valence-electron chi connectivity index (χ1n) is 6.99. The SMILES string of the molecule is O=C(/C=N/OC(=O)Nc1ccc(Cl)cc1)Nc1cccc(C(F)(F)F)c1. The number of benzene rings is 2. The molecule has 0 saturated carbocycles. The molecule has 0 aliphatic carbocycles. The first-order chi connectivity index (χ1) is 12.2. The van der Waals surface area contributed by atoms with Crippen molar-refractivity contribution in [2.75, 3.05) is 10.6 Å². The molecular weight excluding hydrogens is 375 g/mol. The van der Waals surface area contributed by atoms with Crippen LogP contribution in [0.2, 0.25) is 5.02 Å². The lowest BCUT2D eigenvalue weighted by molar-refractivity contribution is -0.137. The van der Waals surface area contributed by atoms with Crippen molar-refractivity contribution in [1.82, 2.24) is 0 Å². The summed E-state index contributed by atoms with van der Waals surface area (Å²) in [6, 6.07) is 10.2. The van der Waals surface area contributed by atoms with Gasteiger partial charge in [0.05, 0.1) is 5.56 Å². The highest BCUT2D eigenvalue weighted by molar-refractivity contribution is 6.31. The van der Waals surface area contributed by atoms with Crippen molar-refractivity contribution in [1.29, 1.82) is 0 Å². The summed E-state index contributed by atoms with van der Waals surface area (Å²) in [5, 5.41) is 8.13. The Labute approximate surface area is 150 Å². The van der Waals surface area contributed by atoms with Gasteiger partial charge in [-0.2, -0.15) is 13.2 Å². The third-order valence-electron chi connectivity index (χ3n) is 2.85. The van der Waals surface area contributed by atoms with Crippen LogP contribution in [0.15, 0.2) is 53.7 Å². The third kappa shape index (κ3) is 6.10. The molecule has 0 fully saturated rings. The summed E-state index contributed by atoms with van der Waals surface area (Å²) in [5.74, 6) is -0.872. The summed E-state index contributed by atoms with van der Waals surface area (Å²) in [5.41, 5.74) is -0.601. The van der Waals surface area contributed by atoms with Crippen LogP contribution < -0.4 is 10.6 Å². The standard InChI is InChI=1S/C16H11ClF3N3O3/c17-11-4-6-12(7-5-11)23-15(25)26-21-9-14(24)22-13-3-1-2-10(8-13)16(18,19)20/h1-9H,(H,22,24)(H,23,25)/b21-9+. The summed E-state index contributed by atoms with van der Waals surface area (Å²) < 4.78 is 37.8. The summed E-state index contributed by atoms with van der Waals surface area (Å²) in [4.78, 5) is 27.4. The third-order valence-corrected chi connectivity index (χ3v) is 3.11. The lowest BCUT2D eigenvalue weighted by atomic mass is 10.2. The van der Waals surface area contributed by atoms with E-state index in [0.717, 1.165) is 18.2 Å². The predicted molar refractivity (Wildman–Crippen MR) is 90.1 cm³/mol. The number of amides is 2. The van der Waals surface area contributed by atoms with Gasteiger partial charge in [-0.15, -0.1) is 0 Å². The average molecular weight is 386 g/mol. The molecule has 0 radical (unpaired) electrons. The summed E-state index contributed by atoms with van der Waals surface area (Å²) in [6.45, 7) is 0. The van der Waals surface area contributed by atoms with Crippen molar-refractivity contribution in [3.05, 3.63) is 59.1 Å². The molecule has 6 nitrogen and oxygen atoms in total. The van der Waals surface area contributed by atoms with Crippen LogP contribution in [0.5, 0.6) is 0 Å². The maximum Gasteiger partial charge on any atom is 0.437 e. The Bertz CT molecular complexity index is 823. The Morgan fingerprint density at radius 2 is 1.73 bits per heavy atom. The van der Waals surface area contributed by atoms with E-state index in [1.165, 1.54) is 18.2 Å². The summed E-state index contributed by atoms with van der Waals surface area (Å²) >= 11 is 5.69. The van der Waals surface area contributed by atoms with Crippen LogP contribution in [0.4, 0.5) is 29.3 Å². The average Bonchev–Trinajstić information content (AvgIpc) is 2.56. The second kappa shape index (κ2) is 8.34. The van der Waals surface area contributed by atoms with Crippen LogP contribution in [0.1, 0.15) is 5.56 Å². The molecule has 0 saturated heterocycles. The minimum absolute atomic E-state index is 0.0816. The Hall–Kier alpha value is -3.07. The fraction of sp³-hybridized carbons (Fsp3) is 0.0625. The Morgan fingerprint density at radius 3 is 2.38 bits per heavy atom. The van der Waals surface area contributed by atoms with Crippen LogP contribution in [-0.4, -0.2) is 18.2 Å². The van der Waals surface area contributed by atoms with Gasteiger partial charge >= 0.3 is 12.3 Å². The maximum atomic E-state index is 12.6. The van der Waals surface area contributed by atoms with Gasteiger partial charge in [0.2, 0.25) is 0 Å². The number of nitrogens with zero attached hydrogens (tertiary/aromatic N) is 1. The molecule has 2 N–H and O–H groups in total. The molecule has 0 heterocycles. The zero-order valence-corrected chi connectivity index (χ0v) is 13.6. The van der Waals surface area contributed by atoms with E-state index in [1.54, 1.807) is 12.1 Å². The summed E-state index contributed by atoms with van der Waals surface area (Å²) in [6.07, 6.45) is -4.88. The van der Waals surface area contributed by atoms with Crippen LogP contribution in [-0.2, 0) is 15.8 Å². The van der Waals surface area contributed by atoms with Crippen molar-refractivity contribution in [2.24, 2.45) is 5.16 Å². The monoisotopic (exact) mass is 385 g/mol. The highest BCUT2D eigenvalue weighted by atomic mass is 35.5. The van der Waals surface area contributed by atoms with Gasteiger partial charge in [-0.3, -0.25) is 14.9 Å². The normalized spacial score (nSPS) is 11.2. The zero-order chi connectivity index (χ0) is 19.2. The van der Waals surface area contributed by atoms with Crippen molar-refractivity contribution in [3.8, 4) is 0 Å².